The third-order valence-corrected chi connectivity index (χ3v) is 17.7. The fourth-order valence-electron chi connectivity index (χ4n) is 11.6. The molecule has 0 aliphatic carbocycles. The number of primary amides is 1. The summed E-state index contributed by atoms with van der Waals surface area (Å²) in [5.41, 5.74) is 11.3. The average molecular weight is 1220 g/mol. The van der Waals surface area contributed by atoms with Gasteiger partial charge in [-0.25, -0.2) is 4.98 Å². The Hall–Kier alpha value is -7.85. The fourth-order valence-corrected chi connectivity index (χ4v) is 11.6. The first-order valence-electron chi connectivity index (χ1n) is 30.6. The van der Waals surface area contributed by atoms with Crippen LogP contribution < -0.4 is 32.7 Å². The maximum atomic E-state index is 15.0. The van der Waals surface area contributed by atoms with E-state index in [1.54, 1.807) is 89.5 Å². The van der Waals surface area contributed by atoms with Crippen molar-refractivity contribution < 1.29 is 63.3 Å². The van der Waals surface area contributed by atoms with Gasteiger partial charge in [-0.2, -0.15) is 0 Å². The Morgan fingerprint density at radius 1 is 0.818 bits per heavy atom. The molecule has 2 aromatic heterocycles. The minimum Gasteiger partial charge on any atom is -0.508 e. The maximum absolute atomic E-state index is 15.0. The summed E-state index contributed by atoms with van der Waals surface area (Å²) in [6.45, 7) is 16.3. The molecule has 10 atom stereocenters. The van der Waals surface area contributed by atoms with Gasteiger partial charge in [-0.15, -0.1) is 0 Å². The number of nitrogens with zero attached hydrogens (tertiary/aromatic N) is 2. The zero-order chi connectivity index (χ0) is 65.2. The summed E-state index contributed by atoms with van der Waals surface area (Å²) in [7, 11) is 0. The molecule has 1 fully saturated rings. The highest BCUT2D eigenvalue weighted by molar-refractivity contribution is 6.00. The molecule has 22 nitrogen and oxygen atoms in total. The van der Waals surface area contributed by atoms with E-state index < -0.39 is 148 Å². The highest BCUT2D eigenvalue weighted by Gasteiger charge is 2.44. The van der Waals surface area contributed by atoms with E-state index in [4.69, 9.17) is 11.5 Å². The lowest BCUT2D eigenvalue weighted by Gasteiger charge is -2.33. The largest absolute Gasteiger partial charge is 0.508 e. The van der Waals surface area contributed by atoms with E-state index in [0.717, 1.165) is 0 Å². The number of aromatic nitrogens is 2. The predicted molar refractivity (Wildman–Crippen MR) is 330 cm³/mol. The number of pyridine rings is 1. The molecule has 0 saturated carbocycles. The Morgan fingerprint density at radius 3 is 2.16 bits per heavy atom. The van der Waals surface area contributed by atoms with Crippen molar-refractivity contribution in [2.45, 2.75) is 195 Å². The van der Waals surface area contributed by atoms with Gasteiger partial charge >= 0.3 is 0 Å². The number of nitrogens with two attached hydrogens (primary N) is 2. The number of aromatic hydroxyl groups is 2. The molecule has 4 aromatic rings. The molecule has 0 unspecified atom stereocenters. The number of carbonyl (C=O) groups is 10. The molecule has 22 heteroatoms. The summed E-state index contributed by atoms with van der Waals surface area (Å²) in [4.78, 5) is 150. The monoisotopic (exact) mass is 1220 g/mol. The normalized spacial score (nSPS) is 20.4. The number of ketones is 4. The lowest BCUT2D eigenvalue weighted by atomic mass is 9.80. The number of aromatic amines is 1. The van der Waals surface area contributed by atoms with Crippen LogP contribution in [0, 0.1) is 34.5 Å². The molecule has 4 heterocycles. The van der Waals surface area contributed by atoms with Crippen LogP contribution in [0.5, 0.6) is 11.5 Å². The van der Waals surface area contributed by atoms with Crippen LogP contribution >= 0.6 is 0 Å². The number of phenols is 2. The number of fused-ring (bicyclic) bond motifs is 3. The van der Waals surface area contributed by atoms with Crippen LogP contribution in [0.1, 0.15) is 149 Å². The standard InChI is InChI=1S/C66H91N9O13/c1-36(2)66(10,62(68)87)74-58(83)42(27-39-19-22-45(77)23-20-39)31-52(79)37(3)71-63(88)65(8,9)34-55(82)49(30-44-35-70-57-46(44)16-13-25-69-57)72-59(84)47(38(4)76)33-53(80)50-18-14-26-75(50)61(86)43-29-40-21-24-51(78)41(28-40)15-11-12-17-48(67)60(85)73-56(54(81)32-43)64(5,6)7/h13,16,19-25,28,35-38,42-43,47-50,56,76-78H,11-12,14-15,17-18,26-27,29-34,67H2,1-10H3,(H2,68,87)(H,69,70)(H,71,88)(H,72,84)(H,73,85)(H,74,83)/t37-,38+,42+,43+,47-,48-,49-,50-,56+,66-/m0/s1. The van der Waals surface area contributed by atoms with Gasteiger partial charge in [0.15, 0.2) is 23.1 Å². The molecule has 2 aliphatic heterocycles. The first-order chi connectivity index (χ1) is 41.2. The van der Waals surface area contributed by atoms with E-state index >= 15 is 0 Å². The number of nitrogens with one attached hydrogen (secondary N) is 5. The highest BCUT2D eigenvalue weighted by atomic mass is 16.3. The Bertz CT molecular complexity index is 3220. The lowest BCUT2D eigenvalue weighted by molar-refractivity contribution is -0.144. The summed E-state index contributed by atoms with van der Waals surface area (Å²) < 4.78 is 0. The van der Waals surface area contributed by atoms with Gasteiger partial charge in [-0.1, -0.05) is 79.2 Å². The maximum Gasteiger partial charge on any atom is 0.243 e. The SMILES string of the molecule is CC(C)[C@](C)(NC(=O)[C@@H](CC(=O)[C@H](C)NC(=O)C(C)(C)CC(=O)[C@H](Cc1c[nH]c2ncccc12)NC(=O)[C@@H](CC(=O)[C@@H]1CCCN1C(=O)[C@H]1CC(=O)[C@H](C(C)(C)C)NC(=O)[C@@H](N)CCCCc2cc(ccc2O)C1)[C@@H](C)O)Cc1ccc(O)cc1)C(N)=O. The molecule has 6 amide bonds. The summed E-state index contributed by atoms with van der Waals surface area (Å²) in [6, 6.07) is 9.11. The number of carbonyl (C=O) groups excluding carboxylic acids is 10. The summed E-state index contributed by atoms with van der Waals surface area (Å²) in [5.74, 6) is -9.86. The first kappa shape index (κ1) is 69.3. The number of hydrogen-bond acceptors (Lipinski definition) is 15. The van der Waals surface area contributed by atoms with Gasteiger partial charge in [0.1, 0.15) is 22.7 Å². The molecule has 0 radical (unpaired) electrons. The highest BCUT2D eigenvalue weighted by Crippen LogP contribution is 2.32. The number of amides is 6. The fraction of sp³-hybridized carbons (Fsp3) is 0.561. The summed E-state index contributed by atoms with van der Waals surface area (Å²) >= 11 is 0. The molecule has 6 rings (SSSR count). The number of aliphatic hydroxyl groups is 1. The number of aryl methyl sites for hydroxylation is 1. The van der Waals surface area contributed by atoms with E-state index in [1.165, 1.54) is 51.7 Å². The number of Topliss-reactive ketones (excluding diaryl/α,β-unsaturated/α-hetero) is 4. The number of benzene rings is 2. The van der Waals surface area contributed by atoms with Crippen LogP contribution in [-0.2, 0) is 73.6 Å². The molecule has 478 valence electrons. The van der Waals surface area contributed by atoms with Crippen LogP contribution in [0.3, 0.4) is 0 Å². The molecule has 0 spiro atoms. The summed E-state index contributed by atoms with van der Waals surface area (Å²) in [5, 5.41) is 43.7. The topological polar surface area (TPSA) is 363 Å². The number of likely N-dealkylation sites (tertiary alicyclic amines) is 1. The zero-order valence-corrected chi connectivity index (χ0v) is 52.5. The molecule has 2 aromatic carbocycles. The van der Waals surface area contributed by atoms with E-state index in [0.29, 0.717) is 65.4 Å². The van der Waals surface area contributed by atoms with Crippen LogP contribution in [0.15, 0.2) is 67.0 Å². The number of phenolic OH excluding ortho intramolecular Hbond substituents is 2. The van der Waals surface area contributed by atoms with Crippen LogP contribution in [-0.4, -0.2) is 137 Å². The second-order valence-electron chi connectivity index (χ2n) is 26.6. The average Bonchev–Trinajstić information content (AvgIpc) is 1.82. The van der Waals surface area contributed by atoms with Crippen LogP contribution in [0.25, 0.3) is 11.0 Å². The van der Waals surface area contributed by atoms with E-state index in [1.807, 2.05) is 0 Å². The Balaban J connectivity index is 1.20. The Kier molecular flexibility index (Phi) is 23.2. The lowest BCUT2D eigenvalue weighted by Crippen LogP contribution is -2.60. The third kappa shape index (κ3) is 17.7. The van der Waals surface area contributed by atoms with Gasteiger partial charge in [-0.3, -0.25) is 47.9 Å². The van der Waals surface area contributed by atoms with Crippen molar-refractivity contribution in [1.82, 2.24) is 36.1 Å². The quantitative estimate of drug-likeness (QED) is 0.0482. The Morgan fingerprint density at radius 2 is 1.51 bits per heavy atom. The number of hydrogen-bond donors (Lipinski definition) is 10. The van der Waals surface area contributed by atoms with Gasteiger partial charge in [0.05, 0.1) is 47.6 Å². The number of rotatable bonds is 23. The molecular formula is C66H91N9O13. The van der Waals surface area contributed by atoms with Crippen molar-refractivity contribution in [1.29, 1.82) is 0 Å². The van der Waals surface area contributed by atoms with Crippen molar-refractivity contribution in [3.63, 3.8) is 0 Å². The molecule has 12 N–H and O–H groups in total. The summed E-state index contributed by atoms with van der Waals surface area (Å²) in [6.07, 6.45) is 2.73. The van der Waals surface area contributed by atoms with E-state index in [9.17, 15) is 63.3 Å². The molecule has 2 bridgehead atoms. The molecular weight excluding hydrogens is 1130 g/mol. The minimum absolute atomic E-state index is 0.00957. The van der Waals surface area contributed by atoms with Gasteiger partial charge < -0.3 is 57.9 Å². The van der Waals surface area contributed by atoms with Gasteiger partial charge in [0, 0.05) is 68.3 Å². The van der Waals surface area contributed by atoms with Crippen molar-refractivity contribution in [2.75, 3.05) is 6.54 Å². The molecule has 1 saturated heterocycles. The second kappa shape index (κ2) is 29.4. The number of aliphatic hydroxyl groups excluding tert-OH is 1. The third-order valence-electron chi connectivity index (χ3n) is 17.7. The predicted octanol–water partition coefficient (Wildman–Crippen LogP) is 4.68. The zero-order valence-electron chi connectivity index (χ0n) is 52.5. The van der Waals surface area contributed by atoms with Crippen molar-refractivity contribution in [3.05, 3.63) is 89.2 Å². The molecule has 2 aliphatic rings. The second-order valence-corrected chi connectivity index (χ2v) is 26.6. The van der Waals surface area contributed by atoms with Crippen molar-refractivity contribution >= 4 is 69.6 Å². The van der Waals surface area contributed by atoms with Crippen LogP contribution in [0.4, 0.5) is 0 Å². The Labute approximate surface area is 514 Å². The van der Waals surface area contributed by atoms with Gasteiger partial charge in [0.2, 0.25) is 35.4 Å². The smallest absolute Gasteiger partial charge is 0.243 e. The minimum atomic E-state index is -1.52. The van der Waals surface area contributed by atoms with E-state index in [-0.39, 0.29) is 56.6 Å². The van der Waals surface area contributed by atoms with Crippen LogP contribution in [0.2, 0.25) is 0 Å². The van der Waals surface area contributed by atoms with Crippen molar-refractivity contribution in [3.8, 4) is 11.5 Å². The van der Waals surface area contributed by atoms with Gasteiger partial charge in [0.25, 0.3) is 0 Å². The van der Waals surface area contributed by atoms with E-state index in [2.05, 4.69) is 31.2 Å². The van der Waals surface area contributed by atoms with Crippen molar-refractivity contribution in [2.24, 2.45) is 46.0 Å². The van der Waals surface area contributed by atoms with Gasteiger partial charge in [-0.05, 0) is 130 Å². The number of H-pyrrole nitrogens is 1. The first-order valence-corrected chi connectivity index (χ1v) is 30.6. The molecule has 88 heavy (non-hydrogen) atoms.